The molecule has 1 aromatic carbocycles. The molecule has 0 atom stereocenters. The van der Waals surface area contributed by atoms with Gasteiger partial charge in [0.1, 0.15) is 0 Å². The number of carbonyl (C=O) groups is 1. The zero-order valence-electron chi connectivity index (χ0n) is 14.4. The third-order valence-corrected chi connectivity index (χ3v) is 4.88. The Morgan fingerprint density at radius 3 is 2.74 bits per heavy atom. The first-order valence-electron chi connectivity index (χ1n) is 8.97. The van der Waals surface area contributed by atoms with Gasteiger partial charge >= 0.3 is 0 Å². The lowest BCUT2D eigenvalue weighted by molar-refractivity contribution is -0.121. The van der Waals surface area contributed by atoms with E-state index in [1.165, 1.54) is 32.1 Å². The molecular formula is C19H31N3O. The molecule has 23 heavy (non-hydrogen) atoms. The van der Waals surface area contributed by atoms with Crippen molar-refractivity contribution in [2.24, 2.45) is 0 Å². The molecule has 128 valence electrons. The fraction of sp³-hybridized carbons (Fsp3) is 0.632. The van der Waals surface area contributed by atoms with Gasteiger partial charge in [0, 0.05) is 24.7 Å². The molecular weight excluding hydrogens is 286 g/mol. The third-order valence-electron chi connectivity index (χ3n) is 4.88. The Balaban J connectivity index is 1.57. The van der Waals surface area contributed by atoms with Gasteiger partial charge < -0.3 is 16.0 Å². The number of anilines is 1. The second-order valence-corrected chi connectivity index (χ2v) is 6.67. The van der Waals surface area contributed by atoms with Crippen LogP contribution in [-0.4, -0.2) is 37.0 Å². The zero-order valence-corrected chi connectivity index (χ0v) is 14.4. The largest absolute Gasteiger partial charge is 0.399 e. The van der Waals surface area contributed by atoms with Crippen LogP contribution in [-0.2, 0) is 11.2 Å². The monoisotopic (exact) mass is 317 g/mol. The molecule has 0 aromatic heterocycles. The van der Waals surface area contributed by atoms with E-state index in [1.807, 2.05) is 24.3 Å². The van der Waals surface area contributed by atoms with Crippen molar-refractivity contribution in [1.29, 1.82) is 0 Å². The van der Waals surface area contributed by atoms with Crippen LogP contribution in [0.2, 0.25) is 0 Å². The summed E-state index contributed by atoms with van der Waals surface area (Å²) in [5.74, 6) is 0.119. The Morgan fingerprint density at radius 1 is 1.26 bits per heavy atom. The highest BCUT2D eigenvalue weighted by Gasteiger charge is 2.17. The fourth-order valence-corrected chi connectivity index (χ4v) is 3.36. The molecule has 0 saturated heterocycles. The van der Waals surface area contributed by atoms with E-state index in [2.05, 4.69) is 17.3 Å². The molecule has 1 saturated carbocycles. The maximum absolute atomic E-state index is 11.9. The number of nitrogens with two attached hydrogens (primary N) is 1. The molecule has 0 bridgehead atoms. The molecule has 0 heterocycles. The van der Waals surface area contributed by atoms with E-state index >= 15 is 0 Å². The molecule has 0 aliphatic heterocycles. The second-order valence-electron chi connectivity index (χ2n) is 6.67. The molecule has 0 radical (unpaired) electrons. The number of rotatable bonds is 8. The van der Waals surface area contributed by atoms with Gasteiger partial charge in [-0.25, -0.2) is 0 Å². The number of hydrogen-bond donors (Lipinski definition) is 2. The van der Waals surface area contributed by atoms with Crippen molar-refractivity contribution in [3.05, 3.63) is 29.8 Å². The molecule has 0 unspecified atom stereocenters. The topological polar surface area (TPSA) is 58.4 Å². The van der Waals surface area contributed by atoms with Gasteiger partial charge in [0.15, 0.2) is 0 Å². The molecule has 1 aliphatic rings. The van der Waals surface area contributed by atoms with Crippen molar-refractivity contribution in [1.82, 2.24) is 10.2 Å². The van der Waals surface area contributed by atoms with Gasteiger partial charge in [-0.3, -0.25) is 4.79 Å². The van der Waals surface area contributed by atoms with E-state index < -0.39 is 0 Å². The first-order chi connectivity index (χ1) is 11.2. The fourth-order valence-electron chi connectivity index (χ4n) is 3.36. The number of amides is 1. The predicted molar refractivity (Wildman–Crippen MR) is 96.3 cm³/mol. The van der Waals surface area contributed by atoms with Gasteiger partial charge in [-0.2, -0.15) is 0 Å². The van der Waals surface area contributed by atoms with Gasteiger partial charge in [0.05, 0.1) is 0 Å². The molecule has 1 aromatic rings. The van der Waals surface area contributed by atoms with Crippen LogP contribution in [0.4, 0.5) is 5.69 Å². The minimum Gasteiger partial charge on any atom is -0.399 e. The number of para-hydroxylation sites is 1. The first kappa shape index (κ1) is 17.8. The molecule has 4 heteroatoms. The van der Waals surface area contributed by atoms with Crippen LogP contribution in [0.25, 0.3) is 0 Å². The van der Waals surface area contributed by atoms with E-state index in [0.29, 0.717) is 12.8 Å². The van der Waals surface area contributed by atoms with E-state index in [4.69, 9.17) is 5.73 Å². The Hall–Kier alpha value is -1.55. The summed E-state index contributed by atoms with van der Waals surface area (Å²) in [7, 11) is 2.22. The summed E-state index contributed by atoms with van der Waals surface area (Å²) < 4.78 is 0. The Morgan fingerprint density at radius 2 is 2.00 bits per heavy atom. The summed E-state index contributed by atoms with van der Waals surface area (Å²) in [5.41, 5.74) is 7.72. The van der Waals surface area contributed by atoms with Crippen molar-refractivity contribution >= 4 is 11.6 Å². The summed E-state index contributed by atoms with van der Waals surface area (Å²) in [6, 6.07) is 8.50. The highest BCUT2D eigenvalue weighted by atomic mass is 16.1. The van der Waals surface area contributed by atoms with Gasteiger partial charge in [-0.05, 0) is 50.9 Å². The van der Waals surface area contributed by atoms with Crippen LogP contribution in [0.1, 0.15) is 50.5 Å². The number of nitrogens with zero attached hydrogens (tertiary/aromatic N) is 1. The number of nitrogens with one attached hydrogen (secondary N) is 1. The quantitative estimate of drug-likeness (QED) is 0.572. The van der Waals surface area contributed by atoms with Crippen molar-refractivity contribution in [3.8, 4) is 0 Å². The first-order valence-corrected chi connectivity index (χ1v) is 8.97. The number of hydrogen-bond acceptors (Lipinski definition) is 3. The molecule has 2 rings (SSSR count). The Labute approximate surface area is 140 Å². The van der Waals surface area contributed by atoms with Gasteiger partial charge in [0.25, 0.3) is 0 Å². The van der Waals surface area contributed by atoms with E-state index in [1.54, 1.807) is 0 Å². The van der Waals surface area contributed by atoms with Crippen molar-refractivity contribution in [2.45, 2.75) is 57.4 Å². The molecule has 1 fully saturated rings. The van der Waals surface area contributed by atoms with Gasteiger partial charge in [0.2, 0.25) is 5.91 Å². The molecule has 1 amide bonds. The summed E-state index contributed by atoms with van der Waals surface area (Å²) in [6.07, 6.45) is 9.04. The third kappa shape index (κ3) is 6.22. The summed E-state index contributed by atoms with van der Waals surface area (Å²) in [6.45, 7) is 1.83. The lowest BCUT2D eigenvalue weighted by atomic mass is 9.94. The van der Waals surface area contributed by atoms with Crippen LogP contribution in [0.15, 0.2) is 24.3 Å². The van der Waals surface area contributed by atoms with Crippen LogP contribution in [0, 0.1) is 0 Å². The van der Waals surface area contributed by atoms with Crippen LogP contribution in [0.5, 0.6) is 0 Å². The van der Waals surface area contributed by atoms with Crippen LogP contribution >= 0.6 is 0 Å². The SMILES string of the molecule is CN(CCCNC(=O)CCc1ccccc1N)C1CCCCC1. The lowest BCUT2D eigenvalue weighted by Gasteiger charge is -2.31. The van der Waals surface area contributed by atoms with Gasteiger partial charge in [-0.15, -0.1) is 0 Å². The smallest absolute Gasteiger partial charge is 0.220 e. The summed E-state index contributed by atoms with van der Waals surface area (Å²) in [4.78, 5) is 14.4. The maximum Gasteiger partial charge on any atom is 0.220 e. The average molecular weight is 317 g/mol. The average Bonchev–Trinajstić information content (AvgIpc) is 2.58. The normalized spacial score (nSPS) is 15.7. The van der Waals surface area contributed by atoms with Gasteiger partial charge in [-0.1, -0.05) is 37.5 Å². The highest BCUT2D eigenvalue weighted by Crippen LogP contribution is 2.21. The maximum atomic E-state index is 11.9. The zero-order chi connectivity index (χ0) is 16.5. The minimum absolute atomic E-state index is 0.119. The van der Waals surface area contributed by atoms with E-state index in [9.17, 15) is 4.79 Å². The van der Waals surface area contributed by atoms with Crippen molar-refractivity contribution in [3.63, 3.8) is 0 Å². The number of benzene rings is 1. The van der Waals surface area contributed by atoms with Crippen LogP contribution in [0.3, 0.4) is 0 Å². The van der Waals surface area contributed by atoms with Crippen LogP contribution < -0.4 is 11.1 Å². The molecule has 1 aliphatic carbocycles. The van der Waals surface area contributed by atoms with Crippen molar-refractivity contribution < 1.29 is 4.79 Å². The predicted octanol–water partition coefficient (Wildman–Crippen LogP) is 2.97. The van der Waals surface area contributed by atoms with E-state index in [0.717, 1.165) is 36.8 Å². The lowest BCUT2D eigenvalue weighted by Crippen LogP contribution is -2.35. The molecule has 4 nitrogen and oxygen atoms in total. The Kier molecular flexibility index (Phi) is 7.40. The minimum atomic E-state index is 0.119. The Bertz CT molecular complexity index is 483. The summed E-state index contributed by atoms with van der Waals surface area (Å²) >= 11 is 0. The number of aryl methyl sites for hydroxylation is 1. The van der Waals surface area contributed by atoms with E-state index in [-0.39, 0.29) is 5.91 Å². The standard InChI is InChI=1S/C19H31N3O/c1-22(17-9-3-2-4-10-17)15-7-14-21-19(23)13-12-16-8-5-6-11-18(16)20/h5-6,8,11,17H,2-4,7,9-10,12-15,20H2,1H3,(H,21,23). The highest BCUT2D eigenvalue weighted by molar-refractivity contribution is 5.76. The number of carbonyl (C=O) groups excluding carboxylic acids is 1. The summed E-state index contributed by atoms with van der Waals surface area (Å²) in [5, 5.41) is 3.02. The van der Waals surface area contributed by atoms with Crippen molar-refractivity contribution in [2.75, 3.05) is 25.9 Å². The molecule has 3 N–H and O–H groups in total. The molecule has 0 spiro atoms. The number of nitrogen functional groups attached to an aromatic ring is 1. The second kappa shape index (κ2) is 9.56.